The molecule has 230 valence electrons. The van der Waals surface area contributed by atoms with Gasteiger partial charge in [0.05, 0.1) is 12.8 Å². The Balaban J connectivity index is 0.00000212. The van der Waals surface area contributed by atoms with E-state index in [0.29, 0.717) is 18.3 Å². The summed E-state index contributed by atoms with van der Waals surface area (Å²) in [6.07, 6.45) is -2.41. The van der Waals surface area contributed by atoms with Crippen molar-refractivity contribution in [2.45, 2.75) is 56.5 Å². The van der Waals surface area contributed by atoms with Gasteiger partial charge < -0.3 is 4.74 Å². The maximum absolute atomic E-state index is 13.6. The highest BCUT2D eigenvalue weighted by Gasteiger charge is 2.45. The van der Waals surface area contributed by atoms with E-state index in [-0.39, 0.29) is 48.5 Å². The van der Waals surface area contributed by atoms with Crippen LogP contribution in [0.25, 0.3) is 5.69 Å². The van der Waals surface area contributed by atoms with E-state index in [2.05, 4.69) is 80.8 Å². The second kappa shape index (κ2) is 13.6. The van der Waals surface area contributed by atoms with Crippen LogP contribution in [0, 0.1) is 0 Å². The summed E-state index contributed by atoms with van der Waals surface area (Å²) < 4.78 is 47.1. The zero-order valence-corrected chi connectivity index (χ0v) is 25.5. The van der Waals surface area contributed by atoms with Gasteiger partial charge in [-0.3, -0.25) is 9.80 Å². The molecule has 4 aromatic rings. The number of hydrogen-bond acceptors (Lipinski definition) is 6. The zero-order chi connectivity index (χ0) is 28.6. The highest BCUT2D eigenvalue weighted by molar-refractivity contribution is 5.85. The first-order valence-corrected chi connectivity index (χ1v) is 14.0. The smallest absolute Gasteiger partial charge is 0.453 e. The number of rotatable bonds is 7. The molecule has 12 heteroatoms. The van der Waals surface area contributed by atoms with E-state index in [9.17, 15) is 13.2 Å². The molecule has 6 rings (SSSR count). The van der Waals surface area contributed by atoms with Gasteiger partial charge in [0.25, 0.3) is 5.82 Å². The summed E-state index contributed by atoms with van der Waals surface area (Å²) in [6.45, 7) is 4.65. The fourth-order valence-corrected chi connectivity index (χ4v) is 6.74. The quantitative estimate of drug-likeness (QED) is 0.234. The van der Waals surface area contributed by atoms with Crippen molar-refractivity contribution in [2.75, 3.05) is 20.2 Å². The van der Waals surface area contributed by atoms with Crippen LogP contribution in [0.4, 0.5) is 13.2 Å². The number of piperazine rings is 1. The fourth-order valence-electron chi connectivity index (χ4n) is 6.74. The summed E-state index contributed by atoms with van der Waals surface area (Å²) >= 11 is 0. The summed E-state index contributed by atoms with van der Waals surface area (Å²) in [5.74, 6) is -0.359. The number of fused-ring (bicyclic) bond motifs is 1. The minimum atomic E-state index is -4.67. The summed E-state index contributed by atoms with van der Waals surface area (Å²) in [6, 6.07) is 27.2. The number of hydrogen-bond donors (Lipinski definition) is 0. The van der Waals surface area contributed by atoms with Gasteiger partial charge in [-0.25, -0.2) is 0 Å². The molecule has 0 amide bonds. The van der Waals surface area contributed by atoms with Crippen molar-refractivity contribution in [1.82, 2.24) is 30.0 Å². The molecule has 0 radical (unpaired) electrons. The topological polar surface area (TPSA) is 59.3 Å². The number of halogens is 5. The third kappa shape index (κ3) is 6.52. The van der Waals surface area contributed by atoms with Crippen LogP contribution in [-0.4, -0.2) is 68.3 Å². The first-order valence-electron chi connectivity index (χ1n) is 14.0. The molecule has 2 saturated heterocycles. The van der Waals surface area contributed by atoms with Gasteiger partial charge in [0.2, 0.25) is 0 Å². The van der Waals surface area contributed by atoms with Crippen LogP contribution in [0.15, 0.2) is 78.9 Å². The summed E-state index contributed by atoms with van der Waals surface area (Å²) in [5, 5.41) is 10.1. The zero-order valence-electron chi connectivity index (χ0n) is 23.9. The molecule has 0 N–H and O–H groups in total. The maximum Gasteiger partial charge on any atom is 0.453 e. The van der Waals surface area contributed by atoms with Crippen LogP contribution in [0.5, 0.6) is 5.75 Å². The van der Waals surface area contributed by atoms with Crippen molar-refractivity contribution in [1.29, 1.82) is 0 Å². The normalized spacial score (nSPS) is 20.7. The van der Waals surface area contributed by atoms with Gasteiger partial charge in [-0.15, -0.1) is 29.9 Å². The second-order valence-corrected chi connectivity index (χ2v) is 10.9. The average Bonchev–Trinajstić information content (AvgIpc) is 3.68. The average molecular weight is 636 g/mol. The minimum absolute atomic E-state index is 0. The molecule has 0 bridgehead atoms. The van der Waals surface area contributed by atoms with Crippen molar-refractivity contribution in [2.24, 2.45) is 0 Å². The molecule has 3 heterocycles. The van der Waals surface area contributed by atoms with Crippen molar-refractivity contribution in [3.8, 4) is 11.4 Å². The second-order valence-electron chi connectivity index (χ2n) is 10.9. The number of ether oxygens (including phenoxy) is 1. The molecule has 7 nitrogen and oxygen atoms in total. The molecule has 3 aromatic carbocycles. The number of tetrazole rings is 1. The largest absolute Gasteiger partial charge is 0.496 e. The molecule has 2 aliphatic rings. The van der Waals surface area contributed by atoms with Crippen molar-refractivity contribution < 1.29 is 17.9 Å². The van der Waals surface area contributed by atoms with E-state index < -0.39 is 12.0 Å². The lowest BCUT2D eigenvalue weighted by molar-refractivity contribution is -0.146. The molecule has 0 spiro atoms. The van der Waals surface area contributed by atoms with Crippen LogP contribution >= 0.6 is 24.8 Å². The highest BCUT2D eigenvalue weighted by atomic mass is 35.5. The molecular formula is C31H35Cl2F3N6O. The molecular weight excluding hydrogens is 600 g/mol. The van der Waals surface area contributed by atoms with Gasteiger partial charge in [0, 0.05) is 42.7 Å². The lowest BCUT2D eigenvalue weighted by Crippen LogP contribution is -2.62. The first-order chi connectivity index (χ1) is 19.8. The number of nitrogens with zero attached hydrogens (tertiary/aromatic N) is 6. The number of methoxy groups -OCH3 is 1. The SMILES string of the molecule is COc1ccc(-n2nnnc2C(F)(F)F)cc1CN1CC(C(c2ccccc2)c2ccccc2)N2CCCC2C1C.Cl.Cl. The number of alkyl halides is 3. The van der Waals surface area contributed by atoms with Crippen molar-refractivity contribution >= 4 is 24.8 Å². The van der Waals surface area contributed by atoms with E-state index in [0.717, 1.165) is 36.2 Å². The number of aromatic nitrogens is 4. The molecule has 0 saturated carbocycles. The van der Waals surface area contributed by atoms with Gasteiger partial charge in [-0.1, -0.05) is 60.7 Å². The molecule has 43 heavy (non-hydrogen) atoms. The Kier molecular flexibility index (Phi) is 10.4. The van der Waals surface area contributed by atoms with E-state index >= 15 is 0 Å². The summed E-state index contributed by atoms with van der Waals surface area (Å²) in [5.41, 5.74) is 3.60. The van der Waals surface area contributed by atoms with E-state index in [1.165, 1.54) is 11.1 Å². The van der Waals surface area contributed by atoms with Crippen molar-refractivity contribution in [3.05, 3.63) is 101 Å². The first kappa shape index (κ1) is 32.7. The van der Waals surface area contributed by atoms with Crippen molar-refractivity contribution in [3.63, 3.8) is 0 Å². The minimum Gasteiger partial charge on any atom is -0.496 e. The number of benzene rings is 3. The molecule has 3 unspecified atom stereocenters. The van der Waals surface area contributed by atoms with Gasteiger partial charge in [-0.2, -0.15) is 17.9 Å². The third-order valence-corrected chi connectivity index (χ3v) is 8.63. The van der Waals surface area contributed by atoms with Crippen LogP contribution in [-0.2, 0) is 12.7 Å². The Morgan fingerprint density at radius 1 is 0.953 bits per heavy atom. The molecule has 1 aromatic heterocycles. The maximum atomic E-state index is 13.6. The van der Waals surface area contributed by atoms with Crippen LogP contribution in [0.1, 0.15) is 48.2 Å². The monoisotopic (exact) mass is 634 g/mol. The Labute approximate surface area is 261 Å². The van der Waals surface area contributed by atoms with Gasteiger partial charge >= 0.3 is 6.18 Å². The van der Waals surface area contributed by atoms with E-state index in [4.69, 9.17) is 4.74 Å². The molecule has 0 aliphatic carbocycles. The van der Waals surface area contributed by atoms with Crippen LogP contribution in [0.2, 0.25) is 0 Å². The Morgan fingerprint density at radius 2 is 1.60 bits per heavy atom. The third-order valence-electron chi connectivity index (χ3n) is 8.63. The predicted molar refractivity (Wildman–Crippen MR) is 163 cm³/mol. The van der Waals surface area contributed by atoms with Crippen LogP contribution < -0.4 is 4.74 Å². The molecule has 2 fully saturated rings. The fraction of sp³-hybridized carbons (Fsp3) is 0.387. The predicted octanol–water partition coefficient (Wildman–Crippen LogP) is 6.40. The Bertz CT molecular complexity index is 1430. The van der Waals surface area contributed by atoms with Gasteiger partial charge in [0.15, 0.2) is 0 Å². The Morgan fingerprint density at radius 3 is 2.21 bits per heavy atom. The molecule has 3 atom stereocenters. The molecule has 2 aliphatic heterocycles. The van der Waals surface area contributed by atoms with E-state index in [1.807, 2.05) is 12.1 Å². The highest BCUT2D eigenvalue weighted by Crippen LogP contribution is 2.40. The summed E-state index contributed by atoms with van der Waals surface area (Å²) in [4.78, 5) is 5.15. The van der Waals surface area contributed by atoms with E-state index in [1.54, 1.807) is 25.3 Å². The lowest BCUT2D eigenvalue weighted by Gasteiger charge is -2.51. The lowest BCUT2D eigenvalue weighted by atomic mass is 9.81. The Hall–Kier alpha value is -3.18. The summed E-state index contributed by atoms with van der Waals surface area (Å²) in [7, 11) is 1.58. The van der Waals surface area contributed by atoms with Gasteiger partial charge in [-0.05, 0) is 66.1 Å². The standard InChI is InChI=1S/C31H33F3N6O.2ClH/c1-21-26-14-9-17-39(26)27(29(22-10-5-3-6-11-22)23-12-7-4-8-13-23)20-38(21)19-24-18-25(15-16-28(24)41-2)40-30(31(32,33)34)35-36-37-40;;/h3-8,10-13,15-16,18,21,26-27,29H,9,14,17,19-20H2,1-2H3;2*1H. The van der Waals surface area contributed by atoms with Gasteiger partial charge in [0.1, 0.15) is 5.75 Å². The van der Waals surface area contributed by atoms with Crippen LogP contribution in [0.3, 0.4) is 0 Å².